The van der Waals surface area contributed by atoms with Crippen molar-refractivity contribution in [2.45, 2.75) is 71.4 Å². The van der Waals surface area contributed by atoms with Gasteiger partial charge >= 0.3 is 0 Å². The number of carbonyl (C=O) groups is 1. The quantitative estimate of drug-likeness (QED) is 0.684. The molecule has 1 aliphatic rings. The lowest BCUT2D eigenvalue weighted by Gasteiger charge is -2.33. The first kappa shape index (κ1) is 15.1. The normalized spacial score (nSPS) is 28.7. The van der Waals surface area contributed by atoms with Crippen LogP contribution < -0.4 is 10.6 Å². The van der Waals surface area contributed by atoms with E-state index < -0.39 is 0 Å². The highest BCUT2D eigenvalue weighted by Crippen LogP contribution is 2.29. The molecule has 0 aliphatic carbocycles. The zero-order valence-electron chi connectivity index (χ0n) is 12.3. The van der Waals surface area contributed by atoms with E-state index in [0.717, 1.165) is 37.9 Å². The van der Waals surface area contributed by atoms with Crippen LogP contribution in [0.25, 0.3) is 0 Å². The maximum atomic E-state index is 10.9. The Morgan fingerprint density at radius 1 is 1.50 bits per heavy atom. The van der Waals surface area contributed by atoms with Gasteiger partial charge in [0.05, 0.1) is 17.4 Å². The second-order valence-electron chi connectivity index (χ2n) is 5.92. The van der Waals surface area contributed by atoms with Crippen LogP contribution in [-0.2, 0) is 4.79 Å². The minimum Gasteiger partial charge on any atom is -0.367 e. The van der Waals surface area contributed by atoms with Crippen molar-refractivity contribution in [1.29, 1.82) is 0 Å². The van der Waals surface area contributed by atoms with Crippen molar-refractivity contribution >= 4 is 5.78 Å². The Kier molecular flexibility index (Phi) is 5.24. The number of unbranched alkanes of at least 4 members (excludes halogenated alkanes) is 1. The van der Waals surface area contributed by atoms with Crippen molar-refractivity contribution in [3.8, 4) is 0 Å². The third-order valence-corrected chi connectivity index (χ3v) is 4.19. The summed E-state index contributed by atoms with van der Waals surface area (Å²) in [5.74, 6) is 1.84. The molecule has 1 heterocycles. The van der Waals surface area contributed by atoms with Gasteiger partial charge in [-0.1, -0.05) is 26.8 Å². The fourth-order valence-corrected chi connectivity index (χ4v) is 2.89. The van der Waals surface area contributed by atoms with E-state index in [1.165, 1.54) is 0 Å². The topological polar surface area (TPSA) is 41.1 Å². The molecule has 0 aromatic rings. The maximum absolute atomic E-state index is 10.9. The van der Waals surface area contributed by atoms with E-state index in [1.54, 1.807) is 6.92 Å². The van der Waals surface area contributed by atoms with E-state index in [0.29, 0.717) is 17.7 Å². The van der Waals surface area contributed by atoms with Crippen molar-refractivity contribution in [3.05, 3.63) is 12.4 Å². The van der Waals surface area contributed by atoms with E-state index in [-0.39, 0.29) is 5.54 Å². The van der Waals surface area contributed by atoms with Crippen molar-refractivity contribution in [2.24, 2.45) is 5.92 Å². The lowest BCUT2D eigenvalue weighted by Crippen LogP contribution is -2.49. The van der Waals surface area contributed by atoms with Crippen LogP contribution in [0.1, 0.15) is 59.8 Å². The highest BCUT2D eigenvalue weighted by molar-refractivity contribution is 5.75. The molecule has 1 fully saturated rings. The fourth-order valence-electron chi connectivity index (χ4n) is 2.89. The first-order chi connectivity index (χ1) is 8.39. The standard InChI is InChI=1S/C15H28N2O/c1-6-15(5)14(16-13(4)17-15)11(2)9-7-8-10-12(3)18/h11,14,16-17H,4,6-10H2,1-3,5H3/t11-,14+,15-/m0/s1. The van der Waals surface area contributed by atoms with Crippen LogP contribution in [0.3, 0.4) is 0 Å². The summed E-state index contributed by atoms with van der Waals surface area (Å²) in [5, 5.41) is 6.93. The molecule has 0 unspecified atom stereocenters. The summed E-state index contributed by atoms with van der Waals surface area (Å²) in [6, 6.07) is 0.437. The van der Waals surface area contributed by atoms with Crippen molar-refractivity contribution in [1.82, 2.24) is 10.6 Å². The van der Waals surface area contributed by atoms with E-state index in [2.05, 4.69) is 38.0 Å². The highest BCUT2D eigenvalue weighted by atomic mass is 16.1. The van der Waals surface area contributed by atoms with Crippen LogP contribution in [0.5, 0.6) is 0 Å². The monoisotopic (exact) mass is 252 g/mol. The molecule has 3 atom stereocenters. The average molecular weight is 252 g/mol. The number of nitrogens with one attached hydrogen (secondary N) is 2. The average Bonchev–Trinajstić information content (AvgIpc) is 2.60. The predicted molar refractivity (Wildman–Crippen MR) is 76.2 cm³/mol. The number of Topliss-reactive ketones (excluding diaryl/α,β-unsaturated/α-hetero) is 1. The molecular weight excluding hydrogens is 224 g/mol. The molecular formula is C15H28N2O. The summed E-state index contributed by atoms with van der Waals surface area (Å²) < 4.78 is 0. The summed E-state index contributed by atoms with van der Waals surface area (Å²) >= 11 is 0. The zero-order valence-corrected chi connectivity index (χ0v) is 12.3. The fraction of sp³-hybridized carbons (Fsp3) is 0.800. The summed E-state index contributed by atoms with van der Waals surface area (Å²) in [4.78, 5) is 10.9. The van der Waals surface area contributed by atoms with Gasteiger partial charge in [-0.05, 0) is 39.0 Å². The molecule has 0 radical (unpaired) electrons. The SMILES string of the molecule is C=C1N[C@H]([C@@H](C)CCCCC(C)=O)[C@](C)(CC)N1. The van der Waals surface area contributed by atoms with Gasteiger partial charge < -0.3 is 15.4 Å². The first-order valence-corrected chi connectivity index (χ1v) is 7.12. The Labute approximate surface area is 111 Å². The largest absolute Gasteiger partial charge is 0.367 e. The predicted octanol–water partition coefficient (Wildman–Crippen LogP) is 2.97. The summed E-state index contributed by atoms with van der Waals surface area (Å²) in [6.45, 7) is 12.4. The molecule has 1 rings (SSSR count). The van der Waals surface area contributed by atoms with Crippen molar-refractivity contribution < 1.29 is 4.79 Å². The Balaban J connectivity index is 2.43. The van der Waals surface area contributed by atoms with Crippen LogP contribution in [-0.4, -0.2) is 17.4 Å². The smallest absolute Gasteiger partial charge is 0.129 e. The zero-order chi connectivity index (χ0) is 13.8. The molecule has 104 valence electrons. The third-order valence-electron chi connectivity index (χ3n) is 4.19. The van der Waals surface area contributed by atoms with Crippen molar-refractivity contribution in [3.63, 3.8) is 0 Å². The Morgan fingerprint density at radius 2 is 2.17 bits per heavy atom. The van der Waals surface area contributed by atoms with E-state index >= 15 is 0 Å². The Morgan fingerprint density at radius 3 is 2.72 bits per heavy atom. The maximum Gasteiger partial charge on any atom is 0.129 e. The van der Waals surface area contributed by atoms with Crippen LogP contribution >= 0.6 is 0 Å². The number of hydrogen-bond donors (Lipinski definition) is 2. The minimum absolute atomic E-state index is 0.108. The van der Waals surface area contributed by atoms with Gasteiger partial charge in [0.2, 0.25) is 0 Å². The van der Waals surface area contributed by atoms with Gasteiger partial charge in [0, 0.05) is 6.42 Å². The van der Waals surface area contributed by atoms with Gasteiger partial charge in [-0.15, -0.1) is 0 Å². The van der Waals surface area contributed by atoms with Crippen LogP contribution in [0.15, 0.2) is 12.4 Å². The molecule has 2 N–H and O–H groups in total. The summed E-state index contributed by atoms with van der Waals surface area (Å²) in [6.07, 6.45) is 5.12. The lowest BCUT2D eigenvalue weighted by molar-refractivity contribution is -0.117. The number of ketones is 1. The first-order valence-electron chi connectivity index (χ1n) is 7.12. The highest BCUT2D eigenvalue weighted by Gasteiger charge is 2.41. The number of rotatable bonds is 7. The van der Waals surface area contributed by atoms with Gasteiger partial charge in [0.1, 0.15) is 5.78 Å². The van der Waals surface area contributed by atoms with Gasteiger partial charge in [-0.2, -0.15) is 0 Å². The minimum atomic E-state index is 0.108. The van der Waals surface area contributed by atoms with E-state index in [9.17, 15) is 4.79 Å². The van der Waals surface area contributed by atoms with Gasteiger partial charge in [0.15, 0.2) is 0 Å². The molecule has 18 heavy (non-hydrogen) atoms. The van der Waals surface area contributed by atoms with Crippen LogP contribution in [0, 0.1) is 5.92 Å². The molecule has 0 spiro atoms. The Hall–Kier alpha value is -0.990. The number of carbonyl (C=O) groups excluding carboxylic acids is 1. The second kappa shape index (κ2) is 6.26. The molecule has 0 saturated carbocycles. The third kappa shape index (κ3) is 3.76. The second-order valence-corrected chi connectivity index (χ2v) is 5.92. The Bertz CT molecular complexity index is 314. The molecule has 1 aliphatic heterocycles. The summed E-state index contributed by atoms with van der Waals surface area (Å²) in [7, 11) is 0. The van der Waals surface area contributed by atoms with Gasteiger partial charge in [-0.3, -0.25) is 0 Å². The molecule has 0 bridgehead atoms. The molecule has 0 aromatic heterocycles. The molecule has 0 aromatic carbocycles. The van der Waals surface area contributed by atoms with Gasteiger partial charge in [-0.25, -0.2) is 0 Å². The summed E-state index contributed by atoms with van der Waals surface area (Å²) in [5.41, 5.74) is 0.108. The van der Waals surface area contributed by atoms with E-state index in [4.69, 9.17) is 0 Å². The number of hydrogen-bond acceptors (Lipinski definition) is 3. The molecule has 3 heteroatoms. The lowest BCUT2D eigenvalue weighted by atomic mass is 9.81. The molecule has 1 saturated heterocycles. The van der Waals surface area contributed by atoms with Gasteiger partial charge in [0.25, 0.3) is 0 Å². The molecule has 3 nitrogen and oxygen atoms in total. The van der Waals surface area contributed by atoms with E-state index in [1.807, 2.05) is 0 Å². The van der Waals surface area contributed by atoms with Crippen LogP contribution in [0.4, 0.5) is 0 Å². The van der Waals surface area contributed by atoms with Crippen molar-refractivity contribution in [2.75, 3.05) is 0 Å². The van der Waals surface area contributed by atoms with Crippen LogP contribution in [0.2, 0.25) is 0 Å². The molecule has 0 amide bonds.